The Kier molecular flexibility index (Phi) is 2.63. The second kappa shape index (κ2) is 3.77. The molecule has 1 saturated carbocycles. The van der Waals surface area contributed by atoms with E-state index in [1.54, 1.807) is 0 Å². The van der Waals surface area contributed by atoms with E-state index in [-0.39, 0.29) is 5.41 Å². The molecule has 0 amide bonds. The van der Waals surface area contributed by atoms with Gasteiger partial charge in [0.25, 0.3) is 0 Å². The molecular weight excluding hydrogens is 170 g/mol. The normalized spacial score (nSPS) is 38.9. The third-order valence-corrected chi connectivity index (χ3v) is 3.96. The van der Waals surface area contributed by atoms with E-state index < -0.39 is 0 Å². The second-order valence-corrected chi connectivity index (χ2v) is 4.92. The highest BCUT2D eigenvalue weighted by Gasteiger charge is 2.47. The van der Waals surface area contributed by atoms with Gasteiger partial charge in [-0.25, -0.2) is 0 Å². The molecule has 0 aliphatic heterocycles. The van der Waals surface area contributed by atoms with Crippen molar-refractivity contribution >= 4 is 0 Å². The summed E-state index contributed by atoms with van der Waals surface area (Å²) in [6.45, 7) is 2.22. The molecule has 76 valence electrons. The van der Waals surface area contributed by atoms with Crippen molar-refractivity contribution in [2.75, 3.05) is 0 Å². The van der Waals surface area contributed by atoms with Crippen LogP contribution in [-0.4, -0.2) is 0 Å². The molecule has 0 aromatic rings. The van der Waals surface area contributed by atoms with Crippen molar-refractivity contribution in [3.8, 4) is 6.07 Å². The van der Waals surface area contributed by atoms with Crippen LogP contribution in [0.3, 0.4) is 0 Å². The molecule has 0 saturated heterocycles. The van der Waals surface area contributed by atoms with Gasteiger partial charge in [-0.3, -0.25) is 0 Å². The molecule has 0 spiro atoms. The summed E-state index contributed by atoms with van der Waals surface area (Å²) in [7, 11) is 0. The third kappa shape index (κ3) is 1.47. The molecule has 0 aromatic heterocycles. The molecule has 2 aliphatic carbocycles. The number of hydrogen-bond donors (Lipinski definition) is 0. The Morgan fingerprint density at radius 3 is 2.79 bits per heavy atom. The van der Waals surface area contributed by atoms with Crippen molar-refractivity contribution in [2.24, 2.45) is 17.3 Å². The van der Waals surface area contributed by atoms with Crippen LogP contribution >= 0.6 is 0 Å². The maximum Gasteiger partial charge on any atom is 0.0696 e. The third-order valence-electron chi connectivity index (χ3n) is 3.96. The molecule has 2 aliphatic rings. The van der Waals surface area contributed by atoms with Crippen molar-refractivity contribution in [3.05, 3.63) is 12.2 Å². The standard InChI is InChI=1S/C13H19N/c1-2-3-4-7-13(10-14)9-11-5-6-12(13)8-11/h5-6,11-12H,2-4,7-9H2,1H3/t11-,12-,13+/m0/s1. The van der Waals surface area contributed by atoms with Crippen molar-refractivity contribution < 1.29 is 0 Å². The first-order valence-corrected chi connectivity index (χ1v) is 5.90. The largest absolute Gasteiger partial charge is 0.198 e. The number of nitrogens with zero attached hydrogens (tertiary/aromatic N) is 1. The Morgan fingerprint density at radius 2 is 2.29 bits per heavy atom. The van der Waals surface area contributed by atoms with Gasteiger partial charge in [0, 0.05) is 0 Å². The van der Waals surface area contributed by atoms with Crippen LogP contribution in [0.25, 0.3) is 0 Å². The Bertz CT molecular complexity index is 273. The van der Waals surface area contributed by atoms with Gasteiger partial charge in [0.1, 0.15) is 0 Å². The van der Waals surface area contributed by atoms with Gasteiger partial charge in [0.2, 0.25) is 0 Å². The molecule has 2 bridgehead atoms. The first-order valence-electron chi connectivity index (χ1n) is 5.90. The van der Waals surface area contributed by atoms with Gasteiger partial charge in [-0.2, -0.15) is 5.26 Å². The molecule has 0 heterocycles. The second-order valence-electron chi connectivity index (χ2n) is 4.92. The minimum Gasteiger partial charge on any atom is -0.198 e. The van der Waals surface area contributed by atoms with Gasteiger partial charge in [-0.1, -0.05) is 38.3 Å². The van der Waals surface area contributed by atoms with E-state index in [1.807, 2.05) is 0 Å². The smallest absolute Gasteiger partial charge is 0.0696 e. The van der Waals surface area contributed by atoms with E-state index >= 15 is 0 Å². The van der Waals surface area contributed by atoms with Gasteiger partial charge >= 0.3 is 0 Å². The Morgan fingerprint density at radius 1 is 1.43 bits per heavy atom. The zero-order chi connectivity index (χ0) is 10.0. The highest BCUT2D eigenvalue weighted by molar-refractivity contribution is 5.21. The molecular formula is C13H19N. The van der Waals surface area contributed by atoms with Crippen molar-refractivity contribution in [3.63, 3.8) is 0 Å². The highest BCUT2D eigenvalue weighted by atomic mass is 14.5. The molecule has 1 fully saturated rings. The monoisotopic (exact) mass is 189 g/mol. The SMILES string of the molecule is CCCCC[C@]1(C#N)C[C@H]2C=C[C@H]1C2. The van der Waals surface area contributed by atoms with Crippen molar-refractivity contribution in [1.29, 1.82) is 5.26 Å². The number of fused-ring (bicyclic) bond motifs is 2. The maximum absolute atomic E-state index is 9.35. The van der Waals surface area contributed by atoms with Crippen molar-refractivity contribution in [2.45, 2.75) is 45.4 Å². The Balaban J connectivity index is 1.98. The lowest BCUT2D eigenvalue weighted by Gasteiger charge is -2.28. The Hall–Kier alpha value is -0.770. The van der Waals surface area contributed by atoms with Crippen LogP contribution in [0, 0.1) is 28.6 Å². The lowest BCUT2D eigenvalue weighted by molar-refractivity contribution is 0.290. The predicted molar refractivity (Wildman–Crippen MR) is 57.5 cm³/mol. The van der Waals surface area contributed by atoms with Crippen LogP contribution < -0.4 is 0 Å². The summed E-state index contributed by atoms with van der Waals surface area (Å²) in [5.41, 5.74) is 0.0224. The summed E-state index contributed by atoms with van der Waals surface area (Å²) in [6, 6.07) is 2.62. The number of allylic oxidation sites excluding steroid dienone is 2. The van der Waals surface area contributed by atoms with Crippen LogP contribution in [0.4, 0.5) is 0 Å². The fraction of sp³-hybridized carbons (Fsp3) is 0.769. The topological polar surface area (TPSA) is 23.8 Å². The van der Waals surface area contributed by atoms with E-state index in [0.717, 1.165) is 18.8 Å². The average Bonchev–Trinajstić information content (AvgIpc) is 2.78. The average molecular weight is 189 g/mol. The summed E-state index contributed by atoms with van der Waals surface area (Å²) < 4.78 is 0. The number of nitriles is 1. The zero-order valence-electron chi connectivity index (χ0n) is 9.00. The molecule has 1 nitrogen and oxygen atoms in total. The lowest BCUT2D eigenvalue weighted by Crippen LogP contribution is -2.23. The van der Waals surface area contributed by atoms with Crippen molar-refractivity contribution in [1.82, 2.24) is 0 Å². The highest BCUT2D eigenvalue weighted by Crippen LogP contribution is 2.54. The molecule has 3 atom stereocenters. The van der Waals surface area contributed by atoms with Crippen LogP contribution in [-0.2, 0) is 0 Å². The molecule has 0 unspecified atom stereocenters. The molecule has 2 rings (SSSR count). The van der Waals surface area contributed by atoms with E-state index in [4.69, 9.17) is 0 Å². The fourth-order valence-corrected chi connectivity index (χ4v) is 3.12. The fourth-order valence-electron chi connectivity index (χ4n) is 3.12. The van der Waals surface area contributed by atoms with Crippen LogP contribution in [0.2, 0.25) is 0 Å². The Labute approximate surface area is 86.8 Å². The van der Waals surface area contributed by atoms with E-state index in [1.165, 1.54) is 25.7 Å². The molecule has 14 heavy (non-hydrogen) atoms. The molecule has 0 radical (unpaired) electrons. The van der Waals surface area contributed by atoms with E-state index in [2.05, 4.69) is 25.1 Å². The van der Waals surface area contributed by atoms with Gasteiger partial charge < -0.3 is 0 Å². The summed E-state index contributed by atoms with van der Waals surface area (Å²) in [5.74, 6) is 1.30. The first kappa shape index (κ1) is 9.77. The van der Waals surface area contributed by atoms with E-state index in [0.29, 0.717) is 5.92 Å². The summed E-state index contributed by atoms with van der Waals surface area (Å²) in [6.07, 6.45) is 11.9. The van der Waals surface area contributed by atoms with Gasteiger partial charge in [-0.15, -0.1) is 0 Å². The number of hydrogen-bond acceptors (Lipinski definition) is 1. The van der Waals surface area contributed by atoms with Gasteiger partial charge in [0.05, 0.1) is 11.5 Å². The van der Waals surface area contributed by atoms with E-state index in [9.17, 15) is 5.26 Å². The minimum atomic E-state index is 0.0224. The quantitative estimate of drug-likeness (QED) is 0.489. The summed E-state index contributed by atoms with van der Waals surface area (Å²) >= 11 is 0. The molecule has 1 heteroatoms. The minimum absolute atomic E-state index is 0.0224. The van der Waals surface area contributed by atoms with Crippen LogP contribution in [0.1, 0.15) is 45.4 Å². The van der Waals surface area contributed by atoms with Gasteiger partial charge in [-0.05, 0) is 31.1 Å². The maximum atomic E-state index is 9.35. The zero-order valence-corrected chi connectivity index (χ0v) is 9.00. The molecule has 0 aromatic carbocycles. The lowest BCUT2D eigenvalue weighted by atomic mass is 9.73. The van der Waals surface area contributed by atoms with Crippen LogP contribution in [0.15, 0.2) is 12.2 Å². The van der Waals surface area contributed by atoms with Gasteiger partial charge in [0.15, 0.2) is 0 Å². The molecule has 0 N–H and O–H groups in total. The summed E-state index contributed by atoms with van der Waals surface area (Å²) in [4.78, 5) is 0. The summed E-state index contributed by atoms with van der Waals surface area (Å²) in [5, 5.41) is 9.35. The number of unbranched alkanes of at least 4 members (excludes halogenated alkanes) is 2. The predicted octanol–water partition coefficient (Wildman–Crippen LogP) is 3.67. The first-order chi connectivity index (χ1) is 6.80. The van der Waals surface area contributed by atoms with Crippen LogP contribution in [0.5, 0.6) is 0 Å². The number of rotatable bonds is 4.